The van der Waals surface area contributed by atoms with Gasteiger partial charge in [0.2, 0.25) is 0 Å². The molecule has 230 valence electrons. The third-order valence-corrected chi connectivity index (χ3v) is 4.96. The van der Waals surface area contributed by atoms with E-state index < -0.39 is 30.8 Å². The van der Waals surface area contributed by atoms with E-state index in [4.69, 9.17) is 5.11 Å². The van der Waals surface area contributed by atoms with E-state index in [0.717, 1.165) is 37.2 Å². The van der Waals surface area contributed by atoms with Gasteiger partial charge < -0.3 is 16.2 Å². The highest BCUT2D eigenvalue weighted by molar-refractivity contribution is 5.41. The van der Waals surface area contributed by atoms with Gasteiger partial charge in [-0.2, -0.15) is 13.2 Å². The van der Waals surface area contributed by atoms with Crippen molar-refractivity contribution in [3.05, 3.63) is 96.5 Å². The van der Waals surface area contributed by atoms with E-state index in [9.17, 15) is 22.0 Å². The first-order chi connectivity index (χ1) is 19.3. The summed E-state index contributed by atoms with van der Waals surface area (Å²) in [6.45, 7) is 18.5. The zero-order valence-electron chi connectivity index (χ0n) is 24.8. The molecule has 1 aliphatic carbocycles. The van der Waals surface area contributed by atoms with Crippen molar-refractivity contribution in [3.8, 4) is 11.8 Å². The summed E-state index contributed by atoms with van der Waals surface area (Å²) in [5.74, 6) is 4.56. The van der Waals surface area contributed by atoms with Gasteiger partial charge >= 0.3 is 6.18 Å². The van der Waals surface area contributed by atoms with Crippen molar-refractivity contribution < 1.29 is 27.1 Å². The van der Waals surface area contributed by atoms with Crippen LogP contribution >= 0.6 is 0 Å². The van der Waals surface area contributed by atoms with Crippen molar-refractivity contribution in [2.24, 2.45) is 11.7 Å². The van der Waals surface area contributed by atoms with E-state index in [1.807, 2.05) is 18.2 Å². The maximum Gasteiger partial charge on any atom is 0.392 e. The van der Waals surface area contributed by atoms with Crippen LogP contribution in [0.15, 0.2) is 96.5 Å². The number of nitrogens with one attached hydrogen (secondary N) is 1. The highest BCUT2D eigenvalue weighted by atomic mass is 19.4. The number of hydrogen-bond donors (Lipinski definition) is 3. The number of aliphatic hydroxyl groups is 1. The fourth-order valence-electron chi connectivity index (χ4n) is 3.26. The van der Waals surface area contributed by atoms with Crippen LogP contribution in [0.2, 0.25) is 0 Å². The molecular weight excluding hydrogens is 535 g/mol. The standard InChI is InChI=1S/C20H29N.C7H4F2.C3H6F3NO.C3H8/c1-5-8-10-18(6-2)15-19(7-3)13-17(4)14-20-11-9-12-21-16-20;8-6-3-1-2-4-7(9)5-6;4-3(5,6)1-2(7)8;1-3-2/h5,7-8,10,13-15,20-21H,1,3,6,9,11-12,16H2,2,4H3;1,3,5,7H;2,8H,1,7H2;3H2,1-2H3/b10-8-,17-14+,18-15+,19-13+;;;/t20-;;;/m0.../s1. The highest BCUT2D eigenvalue weighted by Crippen LogP contribution is 2.19. The number of alkyl halides is 4. The van der Waals surface area contributed by atoms with Gasteiger partial charge in [-0.1, -0.05) is 100 Å². The normalized spacial score (nSPS) is 19.9. The van der Waals surface area contributed by atoms with E-state index in [0.29, 0.717) is 5.92 Å². The number of piperidine rings is 1. The highest BCUT2D eigenvalue weighted by Gasteiger charge is 2.29. The predicted molar refractivity (Wildman–Crippen MR) is 163 cm³/mol. The summed E-state index contributed by atoms with van der Waals surface area (Å²) in [6.07, 6.45) is 13.8. The number of rotatable bonds is 8. The Bertz CT molecular complexity index is 983. The molecule has 41 heavy (non-hydrogen) atoms. The first-order valence-corrected chi connectivity index (χ1v) is 13.7. The molecule has 0 aromatic rings. The molecule has 1 aliphatic heterocycles. The fraction of sp³-hybridized carbons (Fsp3) is 0.455. The Hall–Kier alpha value is -2.99. The summed E-state index contributed by atoms with van der Waals surface area (Å²) in [5.41, 5.74) is 8.18. The maximum atomic E-state index is 12.2. The largest absolute Gasteiger partial charge is 0.392 e. The second kappa shape index (κ2) is 24.8. The summed E-state index contributed by atoms with van der Waals surface area (Å²) in [7, 11) is 0. The van der Waals surface area contributed by atoms with Crippen molar-refractivity contribution in [1.82, 2.24) is 5.32 Å². The van der Waals surface area contributed by atoms with Crippen LogP contribution in [0.25, 0.3) is 0 Å². The van der Waals surface area contributed by atoms with E-state index >= 15 is 0 Å². The SMILES string of the molecule is C=C\C=C/C(=C/C(C=C)=C/C(C)=C/[C@@H]1CCCNC1)CC.CCC.FC1=CC(F)C#CC=C1.NC(O)CC(F)(F)F. The molecule has 1 fully saturated rings. The van der Waals surface area contributed by atoms with Gasteiger partial charge in [-0.05, 0) is 68.0 Å². The molecule has 3 atom stereocenters. The summed E-state index contributed by atoms with van der Waals surface area (Å²) < 4.78 is 57.5. The predicted octanol–water partition coefficient (Wildman–Crippen LogP) is 8.51. The third-order valence-electron chi connectivity index (χ3n) is 4.96. The molecule has 8 heteroatoms. The van der Waals surface area contributed by atoms with Crippen molar-refractivity contribution >= 4 is 0 Å². The number of halogens is 5. The van der Waals surface area contributed by atoms with E-state index in [-0.39, 0.29) is 0 Å². The zero-order valence-corrected chi connectivity index (χ0v) is 24.8. The van der Waals surface area contributed by atoms with Gasteiger partial charge in [0.05, 0.1) is 6.42 Å². The summed E-state index contributed by atoms with van der Waals surface area (Å²) in [6, 6.07) is 0. The summed E-state index contributed by atoms with van der Waals surface area (Å²) in [4.78, 5) is 0. The lowest BCUT2D eigenvalue weighted by atomic mass is 9.96. The van der Waals surface area contributed by atoms with Gasteiger partial charge in [-0.15, -0.1) is 0 Å². The van der Waals surface area contributed by atoms with Crippen LogP contribution in [0, 0.1) is 17.8 Å². The lowest BCUT2D eigenvalue weighted by Crippen LogP contribution is -2.28. The minimum atomic E-state index is -4.35. The first kappa shape index (κ1) is 40.2. The molecular formula is C33H47F5N2O. The van der Waals surface area contributed by atoms with E-state index in [1.165, 1.54) is 36.5 Å². The summed E-state index contributed by atoms with van der Waals surface area (Å²) in [5, 5.41) is 11.4. The average molecular weight is 583 g/mol. The van der Waals surface area contributed by atoms with Crippen molar-refractivity contribution in [1.29, 1.82) is 0 Å². The molecule has 1 heterocycles. The second-order valence-corrected chi connectivity index (χ2v) is 9.20. The molecule has 0 bridgehead atoms. The summed E-state index contributed by atoms with van der Waals surface area (Å²) >= 11 is 0. The van der Waals surface area contributed by atoms with Crippen LogP contribution in [0.5, 0.6) is 0 Å². The van der Waals surface area contributed by atoms with Gasteiger partial charge in [0.25, 0.3) is 0 Å². The molecule has 0 spiro atoms. The van der Waals surface area contributed by atoms with Crippen LogP contribution < -0.4 is 11.1 Å². The van der Waals surface area contributed by atoms with Gasteiger partial charge in [0.1, 0.15) is 12.1 Å². The molecule has 4 N–H and O–H groups in total. The Balaban J connectivity index is 0. The Morgan fingerprint density at radius 1 is 1.24 bits per heavy atom. The molecule has 2 unspecified atom stereocenters. The minimum absolute atomic E-state index is 0.583. The van der Waals surface area contributed by atoms with E-state index in [1.54, 1.807) is 0 Å². The molecule has 2 rings (SSSR count). The molecule has 2 aliphatic rings. The quantitative estimate of drug-likeness (QED) is 0.116. The molecule has 0 radical (unpaired) electrons. The van der Waals surface area contributed by atoms with Crippen molar-refractivity contribution in [2.75, 3.05) is 13.1 Å². The first-order valence-electron chi connectivity index (χ1n) is 13.7. The molecule has 0 aromatic carbocycles. The van der Waals surface area contributed by atoms with Crippen LogP contribution in [0.1, 0.15) is 59.8 Å². The Labute approximate surface area is 243 Å². The Kier molecular flexibility index (Phi) is 24.3. The minimum Gasteiger partial charge on any atom is -0.378 e. The van der Waals surface area contributed by atoms with Gasteiger partial charge in [0.15, 0.2) is 6.17 Å². The monoisotopic (exact) mass is 582 g/mol. The number of hydrogen-bond acceptors (Lipinski definition) is 3. The maximum absolute atomic E-state index is 12.2. The average Bonchev–Trinajstić information content (AvgIpc) is 3.08. The molecule has 0 aromatic heterocycles. The van der Waals surface area contributed by atoms with Gasteiger partial charge in [-0.25, -0.2) is 8.78 Å². The Morgan fingerprint density at radius 3 is 2.37 bits per heavy atom. The lowest BCUT2D eigenvalue weighted by molar-refractivity contribution is -0.152. The van der Waals surface area contributed by atoms with Crippen LogP contribution in [-0.2, 0) is 0 Å². The van der Waals surface area contributed by atoms with E-state index in [2.05, 4.69) is 88.0 Å². The van der Waals surface area contributed by atoms with Crippen LogP contribution in [0.3, 0.4) is 0 Å². The molecule has 0 saturated carbocycles. The van der Waals surface area contributed by atoms with Crippen LogP contribution in [0.4, 0.5) is 22.0 Å². The van der Waals surface area contributed by atoms with Crippen LogP contribution in [-0.4, -0.2) is 36.8 Å². The second-order valence-electron chi connectivity index (χ2n) is 9.20. The zero-order chi connectivity index (χ0) is 31.7. The topological polar surface area (TPSA) is 58.3 Å². The Morgan fingerprint density at radius 2 is 1.90 bits per heavy atom. The smallest absolute Gasteiger partial charge is 0.378 e. The van der Waals surface area contributed by atoms with Gasteiger partial charge in [-0.3, -0.25) is 0 Å². The van der Waals surface area contributed by atoms with Crippen molar-refractivity contribution in [2.45, 2.75) is 78.4 Å². The molecule has 0 amide bonds. The number of allylic oxidation sites excluding steroid dienone is 13. The van der Waals surface area contributed by atoms with Crippen molar-refractivity contribution in [3.63, 3.8) is 0 Å². The lowest BCUT2D eigenvalue weighted by Gasteiger charge is -2.20. The number of aliphatic hydroxyl groups excluding tert-OH is 1. The molecule has 3 nitrogen and oxygen atoms in total. The fourth-order valence-corrected chi connectivity index (χ4v) is 3.26. The third kappa shape index (κ3) is 27.0. The molecule has 1 saturated heterocycles. The number of nitrogens with two attached hydrogens (primary N) is 1. The van der Waals surface area contributed by atoms with Gasteiger partial charge in [0, 0.05) is 6.54 Å².